The highest BCUT2D eigenvalue weighted by atomic mass is 16.5. The number of carbonyl (C=O) groups is 3. The van der Waals surface area contributed by atoms with Gasteiger partial charge in [-0.25, -0.2) is 0 Å². The van der Waals surface area contributed by atoms with E-state index >= 15 is 0 Å². The van der Waals surface area contributed by atoms with Crippen molar-refractivity contribution in [2.45, 2.75) is 20.0 Å². The molecule has 2 rings (SSSR count). The number of benzene rings is 2. The molecule has 0 aliphatic rings. The number of carbonyl (C=O) groups excluding carboxylic acids is 3. The first-order valence-corrected chi connectivity index (χ1v) is 8.95. The first-order valence-electron chi connectivity index (χ1n) is 8.95. The molecule has 0 spiro atoms. The fourth-order valence-electron chi connectivity index (χ4n) is 2.46. The molecule has 1 atom stereocenters. The lowest BCUT2D eigenvalue weighted by molar-refractivity contribution is -0.152. The first-order chi connectivity index (χ1) is 13.4. The molecule has 7 nitrogen and oxygen atoms in total. The summed E-state index contributed by atoms with van der Waals surface area (Å²) in [6.07, 6.45) is -0.972. The van der Waals surface area contributed by atoms with E-state index in [2.05, 4.69) is 5.32 Å². The molecule has 1 N–H and O–H groups in total. The third-order valence-electron chi connectivity index (χ3n) is 3.95. The zero-order valence-corrected chi connectivity index (χ0v) is 16.2. The predicted octanol–water partition coefficient (Wildman–Crippen LogP) is 2.41. The summed E-state index contributed by atoms with van der Waals surface area (Å²) in [5.41, 5.74) is 1.09. The highest BCUT2D eigenvalue weighted by Gasteiger charge is 2.22. The molecule has 2 amide bonds. The fraction of sp³-hybridized carbons (Fsp3) is 0.286. The Morgan fingerprint density at radius 1 is 1.04 bits per heavy atom. The van der Waals surface area contributed by atoms with Crippen molar-refractivity contribution in [1.29, 1.82) is 0 Å². The van der Waals surface area contributed by atoms with Crippen LogP contribution in [0, 0.1) is 0 Å². The van der Waals surface area contributed by atoms with Crippen LogP contribution in [-0.2, 0) is 14.3 Å². The Balaban J connectivity index is 1.82. The number of anilines is 1. The van der Waals surface area contributed by atoms with Crippen molar-refractivity contribution < 1.29 is 23.9 Å². The number of para-hydroxylation sites is 1. The minimum atomic E-state index is -0.972. The van der Waals surface area contributed by atoms with E-state index in [0.717, 1.165) is 0 Å². The third-order valence-corrected chi connectivity index (χ3v) is 3.95. The molecule has 7 heteroatoms. The molecule has 148 valence electrons. The van der Waals surface area contributed by atoms with Crippen molar-refractivity contribution in [2.75, 3.05) is 25.1 Å². The lowest BCUT2D eigenvalue weighted by Crippen LogP contribution is -2.39. The molecule has 0 saturated heterocycles. The molecule has 0 saturated carbocycles. The molecule has 0 aliphatic heterocycles. The molecule has 28 heavy (non-hydrogen) atoms. The van der Waals surface area contributed by atoms with Crippen molar-refractivity contribution in [3.63, 3.8) is 0 Å². The van der Waals surface area contributed by atoms with E-state index in [1.807, 2.05) is 25.1 Å². The molecule has 0 fully saturated rings. The van der Waals surface area contributed by atoms with Gasteiger partial charge in [-0.3, -0.25) is 14.4 Å². The van der Waals surface area contributed by atoms with Crippen LogP contribution in [0.15, 0.2) is 54.6 Å². The second kappa shape index (κ2) is 10.1. The van der Waals surface area contributed by atoms with Crippen LogP contribution < -0.4 is 15.0 Å². The summed E-state index contributed by atoms with van der Waals surface area (Å²) < 4.78 is 10.4. The molecule has 0 aliphatic carbocycles. The Morgan fingerprint density at radius 2 is 1.68 bits per heavy atom. The van der Waals surface area contributed by atoms with Crippen LogP contribution in [0.3, 0.4) is 0 Å². The number of likely N-dealkylation sites (N-methyl/N-ethyl adjacent to an activating group) is 1. The van der Waals surface area contributed by atoms with E-state index < -0.39 is 18.0 Å². The fourth-order valence-corrected chi connectivity index (χ4v) is 2.46. The standard InChI is InChI=1S/C21H24N2O5/c1-4-27-18-12-10-16(11-13-18)20(25)22-14-19(24)28-15(2)21(26)23(3)17-8-6-5-7-9-17/h5-13,15H,4,14H2,1-3H3,(H,22,25)/t15-/m1/s1. The zero-order chi connectivity index (χ0) is 20.5. The monoisotopic (exact) mass is 384 g/mol. The van der Waals surface area contributed by atoms with Crippen molar-refractivity contribution >= 4 is 23.5 Å². The number of nitrogens with zero attached hydrogens (tertiary/aromatic N) is 1. The van der Waals surface area contributed by atoms with Gasteiger partial charge < -0.3 is 19.7 Å². The Hall–Kier alpha value is -3.35. The van der Waals surface area contributed by atoms with E-state index in [9.17, 15) is 14.4 Å². The summed E-state index contributed by atoms with van der Waals surface area (Å²) in [6, 6.07) is 15.6. The van der Waals surface area contributed by atoms with Crippen molar-refractivity contribution in [2.24, 2.45) is 0 Å². The van der Waals surface area contributed by atoms with E-state index in [0.29, 0.717) is 23.6 Å². The van der Waals surface area contributed by atoms with Gasteiger partial charge in [0, 0.05) is 18.3 Å². The summed E-state index contributed by atoms with van der Waals surface area (Å²) in [4.78, 5) is 37.8. The summed E-state index contributed by atoms with van der Waals surface area (Å²) in [7, 11) is 1.61. The number of hydrogen-bond acceptors (Lipinski definition) is 5. The Labute approximate surface area is 164 Å². The average Bonchev–Trinajstić information content (AvgIpc) is 2.72. The van der Waals surface area contributed by atoms with Gasteiger partial charge in [-0.05, 0) is 50.2 Å². The second-order valence-electron chi connectivity index (χ2n) is 6.00. The van der Waals surface area contributed by atoms with Crippen LogP contribution in [0.5, 0.6) is 5.75 Å². The quantitative estimate of drug-likeness (QED) is 0.707. The SMILES string of the molecule is CCOc1ccc(C(=O)NCC(=O)O[C@H](C)C(=O)N(C)c2ccccc2)cc1. The third kappa shape index (κ3) is 5.84. The minimum absolute atomic E-state index is 0.335. The highest BCUT2D eigenvalue weighted by molar-refractivity contribution is 5.98. The first kappa shape index (κ1) is 21.0. The van der Waals surface area contributed by atoms with Gasteiger partial charge in [-0.15, -0.1) is 0 Å². The number of esters is 1. The van der Waals surface area contributed by atoms with Crippen LogP contribution in [0.25, 0.3) is 0 Å². The van der Waals surface area contributed by atoms with E-state index in [1.165, 1.54) is 11.8 Å². The average molecular weight is 384 g/mol. The smallest absolute Gasteiger partial charge is 0.326 e. The number of nitrogens with one attached hydrogen (secondary N) is 1. The normalized spacial score (nSPS) is 11.2. The summed E-state index contributed by atoms with van der Waals surface area (Å²) in [6.45, 7) is 3.57. The topological polar surface area (TPSA) is 84.9 Å². The van der Waals surface area contributed by atoms with Gasteiger partial charge in [-0.1, -0.05) is 18.2 Å². The Morgan fingerprint density at radius 3 is 2.29 bits per heavy atom. The minimum Gasteiger partial charge on any atom is -0.494 e. The maximum atomic E-state index is 12.4. The lowest BCUT2D eigenvalue weighted by atomic mass is 10.2. The number of rotatable bonds is 8. The Bertz CT molecular complexity index is 805. The maximum Gasteiger partial charge on any atom is 0.326 e. The van der Waals surface area contributed by atoms with Crippen LogP contribution >= 0.6 is 0 Å². The molecule has 2 aromatic rings. The van der Waals surface area contributed by atoms with Gasteiger partial charge >= 0.3 is 5.97 Å². The van der Waals surface area contributed by atoms with Crippen LogP contribution in [0.4, 0.5) is 5.69 Å². The van der Waals surface area contributed by atoms with Gasteiger partial charge in [0.25, 0.3) is 11.8 Å². The van der Waals surface area contributed by atoms with E-state index in [4.69, 9.17) is 9.47 Å². The molecule has 2 aromatic carbocycles. The molecular formula is C21H24N2O5. The van der Waals surface area contributed by atoms with E-state index in [-0.39, 0.29) is 12.5 Å². The van der Waals surface area contributed by atoms with Gasteiger partial charge in [0.1, 0.15) is 12.3 Å². The van der Waals surface area contributed by atoms with Gasteiger partial charge in [-0.2, -0.15) is 0 Å². The largest absolute Gasteiger partial charge is 0.494 e. The van der Waals surface area contributed by atoms with Gasteiger partial charge in [0.05, 0.1) is 6.61 Å². The van der Waals surface area contributed by atoms with Crippen LogP contribution in [-0.4, -0.2) is 44.1 Å². The van der Waals surface area contributed by atoms with E-state index in [1.54, 1.807) is 43.4 Å². The summed E-state index contributed by atoms with van der Waals surface area (Å²) >= 11 is 0. The molecule has 0 bridgehead atoms. The molecule has 0 unspecified atom stereocenters. The molecule has 0 radical (unpaired) electrons. The zero-order valence-electron chi connectivity index (χ0n) is 16.2. The van der Waals surface area contributed by atoms with Gasteiger partial charge in [0.2, 0.25) is 0 Å². The molecule has 0 aromatic heterocycles. The predicted molar refractivity (Wildman–Crippen MR) is 105 cm³/mol. The lowest BCUT2D eigenvalue weighted by Gasteiger charge is -2.21. The van der Waals surface area contributed by atoms with Crippen molar-refractivity contribution in [3.05, 3.63) is 60.2 Å². The number of ether oxygens (including phenoxy) is 2. The van der Waals surface area contributed by atoms with Crippen molar-refractivity contribution in [3.8, 4) is 5.75 Å². The van der Waals surface area contributed by atoms with Crippen molar-refractivity contribution in [1.82, 2.24) is 5.32 Å². The van der Waals surface area contributed by atoms with Gasteiger partial charge in [0.15, 0.2) is 6.10 Å². The Kier molecular flexibility index (Phi) is 7.56. The molecule has 0 heterocycles. The second-order valence-corrected chi connectivity index (χ2v) is 6.00. The number of amides is 2. The van der Waals surface area contributed by atoms with Crippen LogP contribution in [0.1, 0.15) is 24.2 Å². The highest BCUT2D eigenvalue weighted by Crippen LogP contribution is 2.13. The molecular weight excluding hydrogens is 360 g/mol. The number of hydrogen-bond donors (Lipinski definition) is 1. The van der Waals surface area contributed by atoms with Crippen LogP contribution in [0.2, 0.25) is 0 Å². The maximum absolute atomic E-state index is 12.4. The summed E-state index contributed by atoms with van der Waals surface area (Å²) in [5.74, 6) is -0.812. The summed E-state index contributed by atoms with van der Waals surface area (Å²) in [5, 5.41) is 2.48.